The molecule has 1 fully saturated rings. The fraction of sp³-hybridized carbons (Fsp3) is 0.444. The summed E-state index contributed by atoms with van der Waals surface area (Å²) in [4.78, 5) is 16.2. The van der Waals surface area contributed by atoms with Crippen LogP contribution in [-0.4, -0.2) is 53.2 Å². The SMILES string of the molecule is COc1ccc(Cc2nccc(CCCc3ccccn3)n2)cc1OCCCN1CCCC1. The van der Waals surface area contributed by atoms with Gasteiger partial charge in [0.15, 0.2) is 11.5 Å². The van der Waals surface area contributed by atoms with Crippen LogP contribution in [0.2, 0.25) is 0 Å². The fourth-order valence-electron chi connectivity index (χ4n) is 4.27. The average molecular weight is 447 g/mol. The van der Waals surface area contributed by atoms with Crippen LogP contribution in [0.5, 0.6) is 11.5 Å². The summed E-state index contributed by atoms with van der Waals surface area (Å²) in [5, 5.41) is 0. The first kappa shape index (κ1) is 23.2. The highest BCUT2D eigenvalue weighted by molar-refractivity contribution is 5.43. The second-order valence-corrected chi connectivity index (χ2v) is 8.55. The van der Waals surface area contributed by atoms with Gasteiger partial charge in [0, 0.05) is 36.7 Å². The molecule has 1 aromatic carbocycles. The maximum atomic E-state index is 6.09. The molecule has 2 aromatic heterocycles. The number of methoxy groups -OCH3 is 1. The third-order valence-electron chi connectivity index (χ3n) is 6.02. The van der Waals surface area contributed by atoms with Crippen molar-refractivity contribution >= 4 is 0 Å². The van der Waals surface area contributed by atoms with Gasteiger partial charge in [0.05, 0.1) is 13.7 Å². The Morgan fingerprint density at radius 1 is 0.879 bits per heavy atom. The van der Waals surface area contributed by atoms with E-state index in [-0.39, 0.29) is 0 Å². The van der Waals surface area contributed by atoms with E-state index in [9.17, 15) is 0 Å². The van der Waals surface area contributed by atoms with Gasteiger partial charge in [0.1, 0.15) is 5.82 Å². The summed E-state index contributed by atoms with van der Waals surface area (Å²) in [5.41, 5.74) is 3.32. The number of benzene rings is 1. The number of likely N-dealkylation sites (tertiary alicyclic amines) is 1. The lowest BCUT2D eigenvalue weighted by Gasteiger charge is -2.16. The van der Waals surface area contributed by atoms with Gasteiger partial charge in [-0.1, -0.05) is 12.1 Å². The molecule has 0 atom stereocenters. The molecule has 1 aliphatic rings. The lowest BCUT2D eigenvalue weighted by atomic mass is 10.1. The lowest BCUT2D eigenvalue weighted by Crippen LogP contribution is -2.21. The predicted octanol–water partition coefficient (Wildman–Crippen LogP) is 4.51. The molecule has 0 bridgehead atoms. The molecule has 0 amide bonds. The molecule has 0 spiro atoms. The van der Waals surface area contributed by atoms with E-state index in [2.05, 4.69) is 33.1 Å². The summed E-state index contributed by atoms with van der Waals surface area (Å²) in [5.74, 6) is 2.39. The van der Waals surface area contributed by atoms with Crippen molar-refractivity contribution in [3.05, 3.63) is 77.6 Å². The van der Waals surface area contributed by atoms with Gasteiger partial charge in [-0.2, -0.15) is 0 Å². The van der Waals surface area contributed by atoms with Crippen molar-refractivity contribution in [2.45, 2.75) is 44.9 Å². The van der Waals surface area contributed by atoms with Gasteiger partial charge in [0.2, 0.25) is 0 Å². The summed E-state index contributed by atoms with van der Waals surface area (Å²) in [7, 11) is 1.68. The Kier molecular flexibility index (Phi) is 8.64. The van der Waals surface area contributed by atoms with Gasteiger partial charge >= 0.3 is 0 Å². The first-order chi connectivity index (χ1) is 16.3. The topological polar surface area (TPSA) is 60.4 Å². The van der Waals surface area contributed by atoms with E-state index in [1.165, 1.54) is 25.9 Å². The maximum absolute atomic E-state index is 6.09. The van der Waals surface area contributed by atoms with Crippen LogP contribution in [0.15, 0.2) is 54.9 Å². The maximum Gasteiger partial charge on any atom is 0.161 e. The van der Waals surface area contributed by atoms with Gasteiger partial charge < -0.3 is 14.4 Å². The summed E-state index contributed by atoms with van der Waals surface area (Å²) in [6.45, 7) is 4.24. The first-order valence-electron chi connectivity index (χ1n) is 12.0. The largest absolute Gasteiger partial charge is 0.493 e. The van der Waals surface area contributed by atoms with Crippen molar-refractivity contribution in [3.8, 4) is 11.5 Å². The lowest BCUT2D eigenvalue weighted by molar-refractivity contribution is 0.254. The molecule has 0 radical (unpaired) electrons. The predicted molar refractivity (Wildman–Crippen MR) is 130 cm³/mol. The summed E-state index contributed by atoms with van der Waals surface area (Å²) >= 11 is 0. The third kappa shape index (κ3) is 7.26. The highest BCUT2D eigenvalue weighted by Crippen LogP contribution is 2.29. The van der Waals surface area contributed by atoms with Gasteiger partial charge in [-0.15, -0.1) is 0 Å². The number of rotatable bonds is 12. The Bertz CT molecular complexity index is 990. The quantitative estimate of drug-likeness (QED) is 0.382. The molecular weight excluding hydrogens is 412 g/mol. The van der Waals surface area contributed by atoms with E-state index in [0.717, 1.165) is 66.5 Å². The Hall–Kier alpha value is -2.99. The van der Waals surface area contributed by atoms with Crippen LogP contribution in [0.4, 0.5) is 0 Å². The van der Waals surface area contributed by atoms with E-state index < -0.39 is 0 Å². The van der Waals surface area contributed by atoms with E-state index in [1.807, 2.05) is 36.7 Å². The molecule has 0 aliphatic carbocycles. The number of hydrogen-bond donors (Lipinski definition) is 0. The fourth-order valence-corrected chi connectivity index (χ4v) is 4.27. The molecule has 4 rings (SSSR count). The smallest absolute Gasteiger partial charge is 0.161 e. The normalized spacial score (nSPS) is 13.8. The van der Waals surface area contributed by atoms with Crippen molar-refractivity contribution in [1.29, 1.82) is 0 Å². The molecular formula is C27H34N4O2. The summed E-state index contributed by atoms with van der Waals surface area (Å²) in [6.07, 6.45) is 10.9. The Morgan fingerprint density at radius 2 is 1.76 bits per heavy atom. The van der Waals surface area contributed by atoms with Crippen molar-refractivity contribution in [3.63, 3.8) is 0 Å². The summed E-state index contributed by atoms with van der Waals surface area (Å²) < 4.78 is 11.6. The standard InChI is InChI=1S/C27H34N4O2/c1-32-25-12-11-22(20-26(25)33-19-7-18-31-16-4-5-17-31)21-27-29-15-13-24(30-27)10-6-9-23-8-2-3-14-28-23/h2-3,8,11-15,20H,4-7,9-10,16-19,21H2,1H3. The molecule has 1 aliphatic heterocycles. The Balaban J connectivity index is 1.31. The van der Waals surface area contributed by atoms with Gasteiger partial charge in [-0.05, 0) is 87.5 Å². The average Bonchev–Trinajstić information content (AvgIpc) is 3.37. The van der Waals surface area contributed by atoms with E-state index in [4.69, 9.17) is 14.5 Å². The number of ether oxygens (including phenoxy) is 2. The molecule has 0 N–H and O–H groups in total. The number of pyridine rings is 1. The highest BCUT2D eigenvalue weighted by Gasteiger charge is 2.12. The summed E-state index contributed by atoms with van der Waals surface area (Å²) in [6, 6.07) is 14.2. The van der Waals surface area contributed by atoms with Crippen molar-refractivity contribution in [1.82, 2.24) is 19.9 Å². The second-order valence-electron chi connectivity index (χ2n) is 8.55. The van der Waals surface area contributed by atoms with Crippen LogP contribution in [-0.2, 0) is 19.3 Å². The Morgan fingerprint density at radius 3 is 2.58 bits per heavy atom. The molecule has 1 saturated heterocycles. The van der Waals surface area contributed by atoms with Gasteiger partial charge in [0.25, 0.3) is 0 Å². The van der Waals surface area contributed by atoms with Crippen LogP contribution in [0, 0.1) is 0 Å². The number of nitrogens with zero attached hydrogens (tertiary/aromatic N) is 4. The monoisotopic (exact) mass is 446 g/mol. The molecule has 0 saturated carbocycles. The number of aromatic nitrogens is 3. The minimum absolute atomic E-state index is 0.669. The second kappa shape index (κ2) is 12.3. The van der Waals surface area contributed by atoms with Crippen molar-refractivity contribution in [2.24, 2.45) is 0 Å². The molecule has 3 aromatic rings. The third-order valence-corrected chi connectivity index (χ3v) is 6.02. The number of hydrogen-bond acceptors (Lipinski definition) is 6. The Labute approximate surface area is 197 Å². The molecule has 6 nitrogen and oxygen atoms in total. The molecule has 6 heteroatoms. The molecule has 33 heavy (non-hydrogen) atoms. The first-order valence-corrected chi connectivity index (χ1v) is 12.0. The van der Waals surface area contributed by atoms with Gasteiger partial charge in [-0.3, -0.25) is 4.98 Å². The zero-order valence-electron chi connectivity index (χ0n) is 19.6. The zero-order chi connectivity index (χ0) is 22.7. The highest BCUT2D eigenvalue weighted by atomic mass is 16.5. The van der Waals surface area contributed by atoms with E-state index >= 15 is 0 Å². The van der Waals surface area contributed by atoms with Crippen LogP contribution in [0.1, 0.15) is 48.5 Å². The van der Waals surface area contributed by atoms with Crippen LogP contribution < -0.4 is 9.47 Å². The molecule has 174 valence electrons. The minimum Gasteiger partial charge on any atom is -0.493 e. The van der Waals surface area contributed by atoms with E-state index in [0.29, 0.717) is 13.0 Å². The van der Waals surface area contributed by atoms with Crippen molar-refractivity contribution < 1.29 is 9.47 Å². The molecule has 3 heterocycles. The number of aryl methyl sites for hydroxylation is 2. The van der Waals surface area contributed by atoms with Crippen molar-refractivity contribution in [2.75, 3.05) is 33.4 Å². The van der Waals surface area contributed by atoms with Crippen LogP contribution >= 0.6 is 0 Å². The van der Waals surface area contributed by atoms with Gasteiger partial charge in [-0.25, -0.2) is 9.97 Å². The molecule has 0 unspecified atom stereocenters. The minimum atomic E-state index is 0.669. The van der Waals surface area contributed by atoms with Crippen LogP contribution in [0.3, 0.4) is 0 Å². The zero-order valence-corrected chi connectivity index (χ0v) is 19.6. The van der Waals surface area contributed by atoms with Crippen LogP contribution in [0.25, 0.3) is 0 Å². The van der Waals surface area contributed by atoms with E-state index in [1.54, 1.807) is 7.11 Å².